The Balaban J connectivity index is 2.33. The minimum Gasteiger partial charge on any atom is -0.478 e. The lowest BCUT2D eigenvalue weighted by Gasteiger charge is -2.20. The highest BCUT2D eigenvalue weighted by molar-refractivity contribution is 5.95. The first-order chi connectivity index (χ1) is 8.52. The van der Waals surface area contributed by atoms with E-state index in [1.54, 1.807) is 0 Å². The van der Waals surface area contributed by atoms with Crippen molar-refractivity contribution in [2.24, 2.45) is 5.92 Å². The van der Waals surface area contributed by atoms with Crippen LogP contribution in [0.1, 0.15) is 30.1 Å². The van der Waals surface area contributed by atoms with Gasteiger partial charge in [-0.25, -0.2) is 9.18 Å². The van der Waals surface area contributed by atoms with Gasteiger partial charge in [0.1, 0.15) is 5.82 Å². The third-order valence-electron chi connectivity index (χ3n) is 3.55. The number of hydrogen-bond acceptors (Lipinski definition) is 3. The maximum Gasteiger partial charge on any atom is 0.337 e. The van der Waals surface area contributed by atoms with Crippen molar-refractivity contribution >= 4 is 17.3 Å². The summed E-state index contributed by atoms with van der Waals surface area (Å²) in [6.07, 6.45) is 2.07. The largest absolute Gasteiger partial charge is 0.478 e. The molecule has 0 aromatic heterocycles. The molecule has 1 heterocycles. The van der Waals surface area contributed by atoms with Crippen LogP contribution in [0, 0.1) is 11.7 Å². The first kappa shape index (κ1) is 12.7. The number of carboxylic acid groups (broad SMARTS) is 1. The lowest BCUT2D eigenvalue weighted by Crippen LogP contribution is -2.21. The van der Waals surface area contributed by atoms with E-state index in [0.29, 0.717) is 11.6 Å². The molecule has 0 spiro atoms. The van der Waals surface area contributed by atoms with Crippen molar-refractivity contribution in [3.8, 4) is 0 Å². The van der Waals surface area contributed by atoms with Crippen molar-refractivity contribution in [1.29, 1.82) is 0 Å². The molecule has 1 aliphatic heterocycles. The summed E-state index contributed by atoms with van der Waals surface area (Å²) in [6, 6.07) is 2.43. The molecule has 2 rings (SSSR count). The highest BCUT2D eigenvalue weighted by atomic mass is 19.1. The molecule has 0 saturated carbocycles. The van der Waals surface area contributed by atoms with Gasteiger partial charge in [-0.1, -0.05) is 13.3 Å². The van der Waals surface area contributed by atoms with Crippen LogP contribution in [-0.2, 0) is 0 Å². The average Bonchev–Trinajstić information content (AvgIpc) is 2.77. The third-order valence-corrected chi connectivity index (χ3v) is 3.55. The lowest BCUT2D eigenvalue weighted by atomic mass is 10.1. The Morgan fingerprint density at radius 2 is 2.33 bits per heavy atom. The molecule has 3 N–H and O–H groups in total. The fraction of sp³-hybridized carbons (Fsp3) is 0.462. The quantitative estimate of drug-likeness (QED) is 0.810. The molecule has 18 heavy (non-hydrogen) atoms. The molecule has 1 atom stereocenters. The second-order valence-corrected chi connectivity index (χ2v) is 4.70. The van der Waals surface area contributed by atoms with Crippen LogP contribution in [0.5, 0.6) is 0 Å². The maximum atomic E-state index is 13.9. The Hall–Kier alpha value is -1.78. The van der Waals surface area contributed by atoms with E-state index in [4.69, 9.17) is 10.8 Å². The van der Waals surface area contributed by atoms with Gasteiger partial charge in [0, 0.05) is 18.8 Å². The van der Waals surface area contributed by atoms with Gasteiger partial charge >= 0.3 is 5.97 Å². The normalized spacial score (nSPS) is 19.2. The monoisotopic (exact) mass is 252 g/mol. The molecule has 0 bridgehead atoms. The van der Waals surface area contributed by atoms with Gasteiger partial charge in [-0.2, -0.15) is 0 Å². The number of aromatic carboxylic acids is 1. The highest BCUT2D eigenvalue weighted by Crippen LogP contribution is 2.30. The summed E-state index contributed by atoms with van der Waals surface area (Å²) in [7, 11) is 0. The zero-order valence-electron chi connectivity index (χ0n) is 10.3. The zero-order valence-corrected chi connectivity index (χ0v) is 10.3. The van der Waals surface area contributed by atoms with Gasteiger partial charge in [0.2, 0.25) is 0 Å². The standard InChI is InChI=1S/C13H17FN2O2/c1-2-8-3-4-16(7-8)12-5-9(13(17)18)11(15)6-10(12)14/h5-6,8H,2-4,7,15H2,1H3,(H,17,18). The Labute approximate surface area is 105 Å². The van der Waals surface area contributed by atoms with E-state index in [1.165, 1.54) is 6.07 Å². The van der Waals surface area contributed by atoms with Crippen molar-refractivity contribution in [2.45, 2.75) is 19.8 Å². The molecule has 4 nitrogen and oxygen atoms in total. The van der Waals surface area contributed by atoms with Gasteiger partial charge in [0.15, 0.2) is 0 Å². The third kappa shape index (κ3) is 2.25. The smallest absolute Gasteiger partial charge is 0.337 e. The van der Waals surface area contributed by atoms with Crippen LogP contribution < -0.4 is 10.6 Å². The number of anilines is 2. The SMILES string of the molecule is CCC1CCN(c2cc(C(=O)O)c(N)cc2F)C1. The Kier molecular flexibility index (Phi) is 3.41. The van der Waals surface area contributed by atoms with Crippen molar-refractivity contribution in [3.05, 3.63) is 23.5 Å². The van der Waals surface area contributed by atoms with Gasteiger partial charge in [-0.3, -0.25) is 0 Å². The average molecular weight is 252 g/mol. The lowest BCUT2D eigenvalue weighted by molar-refractivity contribution is 0.0698. The fourth-order valence-corrected chi connectivity index (χ4v) is 2.39. The zero-order chi connectivity index (χ0) is 13.3. The van der Waals surface area contributed by atoms with Crippen molar-refractivity contribution < 1.29 is 14.3 Å². The molecular weight excluding hydrogens is 235 g/mol. The molecule has 98 valence electrons. The van der Waals surface area contributed by atoms with Crippen LogP contribution in [-0.4, -0.2) is 24.2 Å². The van der Waals surface area contributed by atoms with Crippen LogP contribution in [0.25, 0.3) is 0 Å². The van der Waals surface area contributed by atoms with E-state index in [0.717, 1.165) is 32.0 Å². The fourth-order valence-electron chi connectivity index (χ4n) is 2.39. The number of nitrogens with zero attached hydrogens (tertiary/aromatic N) is 1. The predicted octanol–water partition coefficient (Wildman–Crippen LogP) is 2.34. The Bertz CT molecular complexity index is 476. The van der Waals surface area contributed by atoms with Crippen molar-refractivity contribution in [3.63, 3.8) is 0 Å². The summed E-state index contributed by atoms with van der Waals surface area (Å²) in [5.74, 6) is -1.02. The summed E-state index contributed by atoms with van der Waals surface area (Å²) < 4.78 is 13.9. The summed E-state index contributed by atoms with van der Waals surface area (Å²) >= 11 is 0. The molecular formula is C13H17FN2O2. The highest BCUT2D eigenvalue weighted by Gasteiger charge is 2.24. The first-order valence-corrected chi connectivity index (χ1v) is 6.10. The van der Waals surface area contributed by atoms with Crippen LogP contribution in [0.15, 0.2) is 12.1 Å². The number of nitrogen functional groups attached to an aromatic ring is 1. The number of nitrogens with two attached hydrogens (primary N) is 1. The maximum absolute atomic E-state index is 13.9. The molecule has 1 fully saturated rings. The Morgan fingerprint density at radius 1 is 1.61 bits per heavy atom. The van der Waals surface area contributed by atoms with Crippen LogP contribution in [0.2, 0.25) is 0 Å². The number of carbonyl (C=O) groups is 1. The van der Waals surface area contributed by atoms with E-state index in [9.17, 15) is 9.18 Å². The second-order valence-electron chi connectivity index (χ2n) is 4.70. The Morgan fingerprint density at radius 3 is 2.89 bits per heavy atom. The minimum atomic E-state index is -1.13. The van der Waals surface area contributed by atoms with Gasteiger partial charge in [-0.15, -0.1) is 0 Å². The van der Waals surface area contributed by atoms with E-state index in [1.807, 2.05) is 4.90 Å². The van der Waals surface area contributed by atoms with Crippen LogP contribution in [0.3, 0.4) is 0 Å². The van der Waals surface area contributed by atoms with Crippen molar-refractivity contribution in [2.75, 3.05) is 23.7 Å². The van der Waals surface area contributed by atoms with E-state index >= 15 is 0 Å². The summed E-state index contributed by atoms with van der Waals surface area (Å²) in [4.78, 5) is 12.9. The number of benzene rings is 1. The van der Waals surface area contributed by atoms with Gasteiger partial charge in [-0.05, 0) is 24.5 Å². The molecule has 5 heteroatoms. The van der Waals surface area contributed by atoms with Gasteiger partial charge in [0.05, 0.1) is 11.3 Å². The van der Waals surface area contributed by atoms with E-state index in [2.05, 4.69) is 6.92 Å². The molecule has 1 aliphatic rings. The predicted molar refractivity (Wildman–Crippen MR) is 68.4 cm³/mol. The number of hydrogen-bond donors (Lipinski definition) is 2. The molecule has 0 radical (unpaired) electrons. The van der Waals surface area contributed by atoms with Crippen LogP contribution >= 0.6 is 0 Å². The van der Waals surface area contributed by atoms with E-state index < -0.39 is 11.8 Å². The first-order valence-electron chi connectivity index (χ1n) is 6.10. The van der Waals surface area contributed by atoms with Gasteiger partial charge in [0.25, 0.3) is 0 Å². The minimum absolute atomic E-state index is 0.0324. The second kappa shape index (κ2) is 4.84. The molecule has 1 aromatic rings. The summed E-state index contributed by atoms with van der Waals surface area (Å²) in [5, 5.41) is 9.00. The summed E-state index contributed by atoms with van der Waals surface area (Å²) in [5.41, 5.74) is 5.78. The molecule has 0 amide bonds. The molecule has 0 aliphatic carbocycles. The topological polar surface area (TPSA) is 66.6 Å². The number of rotatable bonds is 3. The molecule has 1 saturated heterocycles. The number of halogens is 1. The summed E-state index contributed by atoms with van der Waals surface area (Å²) in [6.45, 7) is 3.64. The molecule has 1 unspecified atom stereocenters. The van der Waals surface area contributed by atoms with Gasteiger partial charge < -0.3 is 15.7 Å². The molecule has 1 aromatic carbocycles. The van der Waals surface area contributed by atoms with Crippen molar-refractivity contribution in [1.82, 2.24) is 0 Å². The van der Waals surface area contributed by atoms with E-state index in [-0.39, 0.29) is 11.3 Å². The number of carboxylic acids is 1. The van der Waals surface area contributed by atoms with Crippen LogP contribution in [0.4, 0.5) is 15.8 Å².